The van der Waals surface area contributed by atoms with Crippen molar-refractivity contribution in [3.63, 3.8) is 0 Å². The predicted molar refractivity (Wildman–Crippen MR) is 81.3 cm³/mol. The molecule has 1 amide bonds. The molecule has 2 rings (SSSR count). The highest BCUT2D eigenvalue weighted by atomic mass is 32.2. The standard InChI is InChI=1S/C15H19F2NO3S/c1-11(12-2-4-13(5-3-12)21-15(16)17)22-10-14(19)18-6-8-20-9-7-18/h2-5,11,15H,6-10H2,1H3. The van der Waals surface area contributed by atoms with Crippen molar-refractivity contribution in [2.45, 2.75) is 18.8 Å². The number of thioether (sulfide) groups is 1. The first kappa shape index (κ1) is 17.0. The summed E-state index contributed by atoms with van der Waals surface area (Å²) in [5.74, 6) is 0.648. The van der Waals surface area contributed by atoms with Gasteiger partial charge in [-0.1, -0.05) is 12.1 Å². The molecule has 1 aromatic carbocycles. The number of carbonyl (C=O) groups excluding carboxylic acids is 1. The minimum Gasteiger partial charge on any atom is -0.435 e. The van der Waals surface area contributed by atoms with Crippen molar-refractivity contribution in [3.05, 3.63) is 29.8 Å². The summed E-state index contributed by atoms with van der Waals surface area (Å²) in [5, 5.41) is 0.102. The first-order valence-corrected chi connectivity index (χ1v) is 8.13. The van der Waals surface area contributed by atoms with E-state index in [2.05, 4.69) is 4.74 Å². The van der Waals surface area contributed by atoms with Crippen LogP contribution in [-0.4, -0.2) is 49.5 Å². The van der Waals surface area contributed by atoms with Crippen molar-refractivity contribution >= 4 is 17.7 Å². The lowest BCUT2D eigenvalue weighted by molar-refractivity contribution is -0.132. The minimum atomic E-state index is -2.82. The minimum absolute atomic E-state index is 0.102. The number of nitrogens with zero attached hydrogens (tertiary/aromatic N) is 1. The fourth-order valence-electron chi connectivity index (χ4n) is 2.12. The van der Waals surface area contributed by atoms with E-state index in [4.69, 9.17) is 4.74 Å². The van der Waals surface area contributed by atoms with E-state index < -0.39 is 6.61 Å². The zero-order valence-electron chi connectivity index (χ0n) is 12.3. The SMILES string of the molecule is CC(SCC(=O)N1CCOCC1)c1ccc(OC(F)F)cc1. The number of amides is 1. The fraction of sp³-hybridized carbons (Fsp3) is 0.533. The number of carbonyl (C=O) groups is 1. The molecular formula is C15H19F2NO3S. The molecule has 1 aromatic rings. The number of rotatable bonds is 6. The van der Waals surface area contributed by atoms with Gasteiger partial charge in [-0.05, 0) is 24.6 Å². The molecule has 0 radical (unpaired) electrons. The highest BCUT2D eigenvalue weighted by molar-refractivity contribution is 8.00. The largest absolute Gasteiger partial charge is 0.435 e. The third kappa shape index (κ3) is 5.14. The van der Waals surface area contributed by atoms with Crippen molar-refractivity contribution in [2.75, 3.05) is 32.1 Å². The van der Waals surface area contributed by atoms with E-state index >= 15 is 0 Å². The monoisotopic (exact) mass is 331 g/mol. The predicted octanol–water partition coefficient (Wildman–Crippen LogP) is 2.94. The maximum Gasteiger partial charge on any atom is 0.387 e. The van der Waals surface area contributed by atoms with E-state index in [1.54, 1.807) is 12.1 Å². The number of hydrogen-bond acceptors (Lipinski definition) is 4. The first-order chi connectivity index (χ1) is 10.6. The molecule has 4 nitrogen and oxygen atoms in total. The molecule has 7 heteroatoms. The zero-order valence-corrected chi connectivity index (χ0v) is 13.2. The Morgan fingerprint density at radius 2 is 1.95 bits per heavy atom. The molecule has 0 aliphatic carbocycles. The van der Waals surface area contributed by atoms with E-state index in [-0.39, 0.29) is 16.9 Å². The lowest BCUT2D eigenvalue weighted by Gasteiger charge is -2.27. The van der Waals surface area contributed by atoms with Crippen molar-refractivity contribution in [1.82, 2.24) is 4.90 Å². The molecular weight excluding hydrogens is 312 g/mol. The number of benzene rings is 1. The number of hydrogen-bond donors (Lipinski definition) is 0. The van der Waals surface area contributed by atoms with Crippen LogP contribution >= 0.6 is 11.8 Å². The molecule has 0 aromatic heterocycles. The maximum atomic E-state index is 12.1. The Kier molecular flexibility index (Phi) is 6.45. The Labute approximate surface area is 132 Å². The molecule has 0 saturated carbocycles. The van der Waals surface area contributed by atoms with Crippen LogP contribution in [0.2, 0.25) is 0 Å². The molecule has 1 aliphatic heterocycles. The lowest BCUT2D eigenvalue weighted by atomic mass is 10.2. The summed E-state index contributed by atoms with van der Waals surface area (Å²) in [4.78, 5) is 13.9. The van der Waals surface area contributed by atoms with Crippen LogP contribution in [0, 0.1) is 0 Å². The van der Waals surface area contributed by atoms with Gasteiger partial charge in [-0.25, -0.2) is 0 Å². The second-order valence-corrected chi connectivity index (χ2v) is 6.22. The molecule has 22 heavy (non-hydrogen) atoms. The molecule has 0 spiro atoms. The molecule has 1 fully saturated rings. The van der Waals surface area contributed by atoms with Gasteiger partial charge in [-0.2, -0.15) is 8.78 Å². The van der Waals surface area contributed by atoms with Gasteiger partial charge in [-0.15, -0.1) is 11.8 Å². The Bertz CT molecular complexity index is 478. The van der Waals surface area contributed by atoms with Crippen LogP contribution in [0.5, 0.6) is 5.75 Å². The zero-order chi connectivity index (χ0) is 15.9. The highest BCUT2D eigenvalue weighted by Crippen LogP contribution is 2.29. The van der Waals surface area contributed by atoms with Crippen molar-refractivity contribution in [2.24, 2.45) is 0 Å². The summed E-state index contributed by atoms with van der Waals surface area (Å²) >= 11 is 1.53. The average Bonchev–Trinajstić information content (AvgIpc) is 2.53. The van der Waals surface area contributed by atoms with E-state index in [1.165, 1.54) is 23.9 Å². The molecule has 1 atom stereocenters. The molecule has 1 unspecified atom stereocenters. The molecule has 0 N–H and O–H groups in total. The fourth-order valence-corrected chi connectivity index (χ4v) is 3.04. The Hall–Kier alpha value is -1.34. The summed E-state index contributed by atoms with van der Waals surface area (Å²) in [6, 6.07) is 6.52. The lowest BCUT2D eigenvalue weighted by Crippen LogP contribution is -2.41. The van der Waals surface area contributed by atoms with E-state index in [0.29, 0.717) is 32.1 Å². The van der Waals surface area contributed by atoms with Gasteiger partial charge < -0.3 is 14.4 Å². The van der Waals surface area contributed by atoms with Gasteiger partial charge >= 0.3 is 6.61 Å². The molecule has 0 bridgehead atoms. The summed E-state index contributed by atoms with van der Waals surface area (Å²) < 4.78 is 33.7. The van der Waals surface area contributed by atoms with Crippen molar-refractivity contribution in [3.8, 4) is 5.75 Å². The summed E-state index contributed by atoms with van der Waals surface area (Å²) in [7, 11) is 0. The van der Waals surface area contributed by atoms with Gasteiger partial charge in [0.15, 0.2) is 0 Å². The van der Waals surface area contributed by atoms with Crippen LogP contribution < -0.4 is 4.74 Å². The summed E-state index contributed by atoms with van der Waals surface area (Å²) in [6.07, 6.45) is 0. The van der Waals surface area contributed by atoms with Crippen LogP contribution in [0.4, 0.5) is 8.78 Å². The van der Waals surface area contributed by atoms with E-state index in [1.807, 2.05) is 11.8 Å². The quantitative estimate of drug-likeness (QED) is 0.803. The highest BCUT2D eigenvalue weighted by Gasteiger charge is 2.18. The van der Waals surface area contributed by atoms with Crippen LogP contribution in [0.3, 0.4) is 0 Å². The average molecular weight is 331 g/mol. The second kappa shape index (κ2) is 8.33. The Morgan fingerprint density at radius 1 is 1.32 bits per heavy atom. The third-order valence-corrected chi connectivity index (χ3v) is 4.58. The molecule has 1 heterocycles. The van der Waals surface area contributed by atoms with Crippen molar-refractivity contribution < 1.29 is 23.0 Å². The van der Waals surface area contributed by atoms with Crippen LogP contribution in [-0.2, 0) is 9.53 Å². The number of halogens is 2. The smallest absolute Gasteiger partial charge is 0.387 e. The van der Waals surface area contributed by atoms with E-state index in [9.17, 15) is 13.6 Å². The maximum absolute atomic E-state index is 12.1. The molecule has 122 valence electrons. The van der Waals surface area contributed by atoms with Gasteiger partial charge in [-0.3, -0.25) is 4.79 Å². The normalized spacial score (nSPS) is 16.6. The van der Waals surface area contributed by atoms with E-state index in [0.717, 1.165) is 5.56 Å². The van der Waals surface area contributed by atoms with Gasteiger partial charge in [0.05, 0.1) is 19.0 Å². The van der Waals surface area contributed by atoms with Gasteiger partial charge in [0.1, 0.15) is 5.75 Å². The van der Waals surface area contributed by atoms with Crippen LogP contribution in [0.1, 0.15) is 17.7 Å². The Balaban J connectivity index is 1.81. The van der Waals surface area contributed by atoms with Gasteiger partial charge in [0.2, 0.25) is 5.91 Å². The third-order valence-electron chi connectivity index (χ3n) is 3.40. The molecule has 1 saturated heterocycles. The summed E-state index contributed by atoms with van der Waals surface area (Å²) in [5.41, 5.74) is 0.974. The first-order valence-electron chi connectivity index (χ1n) is 7.08. The number of alkyl halides is 2. The molecule has 1 aliphatic rings. The van der Waals surface area contributed by atoms with Gasteiger partial charge in [0.25, 0.3) is 0 Å². The van der Waals surface area contributed by atoms with Crippen LogP contribution in [0.15, 0.2) is 24.3 Å². The second-order valence-electron chi connectivity index (χ2n) is 4.89. The summed E-state index contributed by atoms with van der Waals surface area (Å²) in [6.45, 7) is 1.65. The van der Waals surface area contributed by atoms with Crippen molar-refractivity contribution in [1.29, 1.82) is 0 Å². The van der Waals surface area contributed by atoms with Gasteiger partial charge in [0, 0.05) is 18.3 Å². The Morgan fingerprint density at radius 3 is 2.55 bits per heavy atom. The number of morpholine rings is 1. The topological polar surface area (TPSA) is 38.8 Å². The number of ether oxygens (including phenoxy) is 2. The van der Waals surface area contributed by atoms with Crippen LogP contribution in [0.25, 0.3) is 0 Å².